The molecule has 3 N–H and O–H groups in total. The summed E-state index contributed by atoms with van der Waals surface area (Å²) in [5, 5.41) is 10.4. The Bertz CT molecular complexity index is 131. The fraction of sp³-hybridized carbons (Fsp3) is 0.500. The summed E-state index contributed by atoms with van der Waals surface area (Å²) in [7, 11) is 2.92. The summed E-state index contributed by atoms with van der Waals surface area (Å²) < 4.78 is 2.86. The molecule has 2 radical (unpaired) electrons. The predicted octanol–water partition coefficient (Wildman–Crippen LogP) is 0.0156. The lowest BCUT2D eigenvalue weighted by Gasteiger charge is -1.81. The smallest absolute Gasteiger partial charge is 0.420 e. The van der Waals surface area contributed by atoms with E-state index in [0.29, 0.717) is 0 Å². The van der Waals surface area contributed by atoms with E-state index in [-0.39, 0.29) is 5.73 Å². The molecular formula is C4H9B2N3O. The molecular weight excluding hydrogens is 128 g/mol. The van der Waals surface area contributed by atoms with E-state index in [9.17, 15) is 0 Å². The minimum Gasteiger partial charge on any atom is -0.420 e. The van der Waals surface area contributed by atoms with Gasteiger partial charge in [0, 0.05) is 0 Å². The molecule has 4 nitrogen and oxygen atoms in total. The summed E-state index contributed by atoms with van der Waals surface area (Å²) in [4.78, 5) is 0. The molecule has 6 heteroatoms. The van der Waals surface area contributed by atoms with Crippen LogP contribution in [0.1, 0.15) is 0 Å². The largest absolute Gasteiger partial charge is 0.633 e. The van der Waals surface area contributed by atoms with E-state index in [0.717, 1.165) is 0 Å². The van der Waals surface area contributed by atoms with Gasteiger partial charge in [0.25, 0.3) is 0 Å². The Labute approximate surface area is 62.4 Å². The first kappa shape index (κ1) is 11.7. The van der Waals surface area contributed by atoms with E-state index in [1.54, 1.807) is 13.6 Å². The van der Waals surface area contributed by atoms with Crippen LogP contribution in [0, 0.1) is 6.57 Å². The molecule has 0 unspecified atom stereocenters. The maximum Gasteiger partial charge on any atom is 0.633 e. The van der Waals surface area contributed by atoms with Gasteiger partial charge in [-0.3, -0.25) is 6.57 Å². The third kappa shape index (κ3) is 15.8. The standard InChI is InChI=1S/C2H6BN2O.C2H3BN/c1-3-2(4)5-6;1-3-4-2/h6H,1H3,(H2,4,5);1H3. The van der Waals surface area contributed by atoms with Gasteiger partial charge in [-0.2, -0.15) is 0 Å². The van der Waals surface area contributed by atoms with Crippen LogP contribution in [-0.2, 0) is 0 Å². The van der Waals surface area contributed by atoms with Gasteiger partial charge in [-0.15, -0.1) is 0 Å². The molecule has 0 aromatic rings. The Kier molecular flexibility index (Phi) is 12.6. The zero-order valence-electron chi connectivity index (χ0n) is 6.07. The van der Waals surface area contributed by atoms with Gasteiger partial charge in [-0.1, -0.05) is 12.0 Å². The highest BCUT2D eigenvalue weighted by Gasteiger charge is 1.81. The molecule has 0 aliphatic rings. The Hall–Kier alpha value is -1.11. The normalized spacial score (nSPS) is 8.30. The average molecular weight is 137 g/mol. The zero-order valence-corrected chi connectivity index (χ0v) is 6.07. The molecule has 0 fully saturated rings. The quantitative estimate of drug-likeness (QED) is 0.133. The van der Waals surface area contributed by atoms with Crippen LogP contribution in [0.3, 0.4) is 0 Å². The van der Waals surface area contributed by atoms with Crippen molar-refractivity contribution in [1.82, 2.24) is 0 Å². The summed E-state index contributed by atoms with van der Waals surface area (Å²) in [6, 6.07) is 0. The van der Waals surface area contributed by atoms with E-state index in [2.05, 4.69) is 9.91 Å². The van der Waals surface area contributed by atoms with Crippen molar-refractivity contribution < 1.29 is 5.21 Å². The van der Waals surface area contributed by atoms with Crippen molar-refractivity contribution in [2.45, 2.75) is 13.6 Å². The molecule has 0 aromatic heterocycles. The van der Waals surface area contributed by atoms with Crippen LogP contribution in [0.4, 0.5) is 0 Å². The molecule has 0 spiro atoms. The second kappa shape index (κ2) is 10.8. The number of nitrogens with two attached hydrogens (primary N) is 1. The van der Waals surface area contributed by atoms with Crippen molar-refractivity contribution >= 4 is 20.4 Å². The molecule has 52 valence electrons. The van der Waals surface area contributed by atoms with Gasteiger partial charge in [0.15, 0.2) is 0 Å². The fourth-order valence-electron chi connectivity index (χ4n) is 0.0577. The molecule has 0 saturated carbocycles. The minimum absolute atomic E-state index is 0.148. The van der Waals surface area contributed by atoms with Crippen molar-refractivity contribution in [3.8, 4) is 0 Å². The topological polar surface area (TPSA) is 63.0 Å². The van der Waals surface area contributed by atoms with E-state index >= 15 is 0 Å². The first-order valence-corrected chi connectivity index (χ1v) is 2.64. The Morgan fingerprint density at radius 1 is 1.70 bits per heavy atom. The highest BCUT2D eigenvalue weighted by atomic mass is 16.4. The van der Waals surface area contributed by atoms with Gasteiger partial charge in [-0.05, 0) is 6.82 Å². The van der Waals surface area contributed by atoms with Crippen molar-refractivity contribution in [1.29, 1.82) is 0 Å². The third-order valence-electron chi connectivity index (χ3n) is 0.540. The van der Waals surface area contributed by atoms with Gasteiger partial charge in [-0.25, -0.2) is 0 Å². The van der Waals surface area contributed by atoms with E-state index in [4.69, 9.17) is 17.5 Å². The van der Waals surface area contributed by atoms with Crippen molar-refractivity contribution in [2.75, 3.05) is 0 Å². The highest BCUT2D eigenvalue weighted by molar-refractivity contribution is 6.73. The number of amidine groups is 1. The lowest BCUT2D eigenvalue weighted by atomic mass is 9.81. The van der Waals surface area contributed by atoms with Crippen LogP contribution < -0.4 is 5.73 Å². The van der Waals surface area contributed by atoms with E-state index in [1.165, 1.54) is 14.7 Å². The fourth-order valence-corrected chi connectivity index (χ4v) is 0.0577. The Balaban J connectivity index is 0. The van der Waals surface area contributed by atoms with Crippen molar-refractivity contribution in [3.63, 3.8) is 0 Å². The second-order valence-corrected chi connectivity index (χ2v) is 1.20. The lowest BCUT2D eigenvalue weighted by Crippen LogP contribution is -2.16. The van der Waals surface area contributed by atoms with Crippen LogP contribution >= 0.6 is 0 Å². The first-order chi connectivity index (χ1) is 4.72. The number of rotatable bonds is 1. The summed E-state index contributed by atoms with van der Waals surface area (Å²) in [6.45, 7) is 9.41. The zero-order chi connectivity index (χ0) is 8.41. The van der Waals surface area contributed by atoms with Crippen LogP contribution in [0.25, 0.3) is 4.76 Å². The second-order valence-electron chi connectivity index (χ2n) is 1.20. The van der Waals surface area contributed by atoms with Gasteiger partial charge in [0.05, 0.1) is 5.73 Å². The number of hydrogen-bond donors (Lipinski definition) is 2. The summed E-state index contributed by atoms with van der Waals surface area (Å²) in [6.07, 6.45) is 0. The van der Waals surface area contributed by atoms with Gasteiger partial charge >= 0.3 is 7.41 Å². The van der Waals surface area contributed by atoms with Gasteiger partial charge in [0.2, 0.25) is 7.28 Å². The molecule has 0 atom stereocenters. The minimum atomic E-state index is 0.148. The first-order valence-electron chi connectivity index (χ1n) is 2.64. The molecule has 0 saturated heterocycles. The monoisotopic (exact) mass is 137 g/mol. The van der Waals surface area contributed by atoms with E-state index in [1.807, 2.05) is 0 Å². The SMILES string of the molecule is C[B]/C(N)=N/O.[C-]#[N+][B]C. The molecule has 0 aliphatic carbocycles. The van der Waals surface area contributed by atoms with Crippen LogP contribution in [-0.4, -0.2) is 25.6 Å². The molecule has 0 bridgehead atoms. The lowest BCUT2D eigenvalue weighted by molar-refractivity contribution is 0.320. The number of oxime groups is 1. The highest BCUT2D eigenvalue weighted by Crippen LogP contribution is 1.56. The summed E-state index contributed by atoms with van der Waals surface area (Å²) in [5.74, 6) is 0. The third-order valence-corrected chi connectivity index (χ3v) is 0.540. The Morgan fingerprint density at radius 2 is 2.10 bits per heavy atom. The molecule has 0 rings (SSSR count). The van der Waals surface area contributed by atoms with Crippen molar-refractivity contribution in [3.05, 3.63) is 11.3 Å². The van der Waals surface area contributed by atoms with Crippen molar-refractivity contribution in [2.24, 2.45) is 10.9 Å². The van der Waals surface area contributed by atoms with Crippen LogP contribution in [0.5, 0.6) is 0 Å². The number of hydrogen-bond acceptors (Lipinski definition) is 2. The van der Waals surface area contributed by atoms with E-state index < -0.39 is 0 Å². The summed E-state index contributed by atoms with van der Waals surface area (Å²) >= 11 is 0. The van der Waals surface area contributed by atoms with Gasteiger partial charge < -0.3 is 15.7 Å². The van der Waals surface area contributed by atoms with Crippen LogP contribution in [0.2, 0.25) is 13.6 Å². The van der Waals surface area contributed by atoms with Crippen LogP contribution in [0.15, 0.2) is 5.16 Å². The van der Waals surface area contributed by atoms with Gasteiger partial charge in [0.1, 0.15) is 0 Å². The molecule has 0 aliphatic heterocycles. The molecule has 0 heterocycles. The molecule has 10 heavy (non-hydrogen) atoms. The Morgan fingerprint density at radius 3 is 2.10 bits per heavy atom. The molecule has 0 amide bonds. The predicted molar refractivity (Wildman–Crippen MR) is 43.2 cm³/mol. The number of nitrogens with zero attached hydrogens (tertiary/aromatic N) is 2. The molecule has 0 aromatic carbocycles. The average Bonchev–Trinajstić information content (AvgIpc) is 2.03. The maximum atomic E-state index is 7.77. The summed E-state index contributed by atoms with van der Waals surface area (Å²) in [5.41, 5.74) is 5.06. The maximum absolute atomic E-state index is 7.77.